The zero-order valence-electron chi connectivity index (χ0n) is 43.3. The van der Waals surface area contributed by atoms with Gasteiger partial charge in [0.25, 0.3) is 5.91 Å². The number of ether oxygens (including phenoxy) is 3. The molecule has 0 spiro atoms. The van der Waals surface area contributed by atoms with E-state index in [0.29, 0.717) is 48.7 Å². The SMILES string of the molecule is CNC(=O)O[C@H](C(=O)NN(Cc1c(F)cc(-c2ccccn2)cc1F)C[C@H](O)[C@H](Cc1ccc(C#Cc2ccc(N3C[C@@H]4CC[C@@H](C3)N4C3COC3)nc2)cc1)NC(=O)[C@@H](NC(=O)OC)C(C)(C)C(F)(F)F)C(C)(C)C. The lowest BCUT2D eigenvalue weighted by Crippen LogP contribution is -2.62. The second kappa shape index (κ2) is 24.0. The number of fused-ring (bicyclic) bond motifs is 2. The van der Waals surface area contributed by atoms with Crippen molar-refractivity contribution in [3.63, 3.8) is 0 Å². The molecule has 0 saturated carbocycles. The number of aromatic nitrogens is 2. The van der Waals surface area contributed by atoms with Crippen LogP contribution < -0.4 is 26.3 Å². The first kappa shape index (κ1) is 56.8. The maximum atomic E-state index is 16.0. The number of methoxy groups -OCH3 is 1. The molecule has 2 aromatic heterocycles. The number of hydrogen-bond acceptors (Lipinski definition) is 13. The molecule has 3 aliphatic rings. The number of carbonyl (C=O) groups excluding carboxylic acids is 4. The molecule has 4 amide bonds. The van der Waals surface area contributed by atoms with E-state index in [-0.39, 0.29) is 17.7 Å². The molecule has 22 heteroatoms. The Hall–Kier alpha value is -6.93. The average Bonchev–Trinajstić information content (AvgIpc) is 3.61. The van der Waals surface area contributed by atoms with E-state index in [0.717, 1.165) is 69.2 Å². The maximum absolute atomic E-state index is 16.0. The molecule has 4 aromatic rings. The number of alkyl carbamates (subject to hydrolysis) is 2. The van der Waals surface area contributed by atoms with Gasteiger partial charge in [0.1, 0.15) is 23.5 Å². The second-order valence-electron chi connectivity index (χ2n) is 20.8. The lowest BCUT2D eigenvalue weighted by Gasteiger charge is -2.47. The van der Waals surface area contributed by atoms with Gasteiger partial charge >= 0.3 is 18.4 Å². The molecular weight excluding hydrogens is 998 g/mol. The van der Waals surface area contributed by atoms with E-state index in [2.05, 4.69) is 47.4 Å². The highest BCUT2D eigenvalue weighted by Gasteiger charge is 2.56. The van der Waals surface area contributed by atoms with Crippen LogP contribution in [0.3, 0.4) is 0 Å². The highest BCUT2D eigenvalue weighted by atomic mass is 19.4. The number of carbonyl (C=O) groups is 4. The Labute approximate surface area is 438 Å². The van der Waals surface area contributed by atoms with Gasteiger partial charge in [-0.25, -0.2) is 28.4 Å². The van der Waals surface area contributed by atoms with E-state index in [1.807, 2.05) is 17.4 Å². The van der Waals surface area contributed by atoms with Gasteiger partial charge in [0.2, 0.25) is 5.91 Å². The number of hydrogen-bond donors (Lipinski definition) is 5. The van der Waals surface area contributed by atoms with Gasteiger partial charge in [-0.15, -0.1) is 0 Å². The molecule has 17 nitrogen and oxygen atoms in total. The van der Waals surface area contributed by atoms with Crippen LogP contribution >= 0.6 is 0 Å². The molecule has 0 unspecified atom stereocenters. The van der Waals surface area contributed by atoms with Crippen molar-refractivity contribution in [1.82, 2.24) is 41.3 Å². The van der Waals surface area contributed by atoms with Gasteiger partial charge in [0.15, 0.2) is 6.10 Å². The third-order valence-corrected chi connectivity index (χ3v) is 13.9. The number of halogens is 5. The molecule has 0 aliphatic carbocycles. The number of aliphatic hydroxyl groups excluding tert-OH is 1. The summed E-state index contributed by atoms with van der Waals surface area (Å²) in [5.74, 6) is 2.61. The molecule has 6 atom stereocenters. The molecular formula is C54H64F5N9O8. The third kappa shape index (κ3) is 13.7. The van der Waals surface area contributed by atoms with Crippen LogP contribution in [-0.4, -0.2) is 145 Å². The van der Waals surface area contributed by atoms with Crippen molar-refractivity contribution in [3.8, 4) is 23.1 Å². The quantitative estimate of drug-likeness (QED) is 0.0478. The van der Waals surface area contributed by atoms with E-state index in [9.17, 15) is 37.5 Å². The fourth-order valence-corrected chi connectivity index (χ4v) is 9.48. The second-order valence-corrected chi connectivity index (χ2v) is 20.8. The Bertz CT molecular complexity index is 2710. The Morgan fingerprint density at radius 3 is 2.04 bits per heavy atom. The van der Waals surface area contributed by atoms with Gasteiger partial charge < -0.3 is 40.2 Å². The summed E-state index contributed by atoms with van der Waals surface area (Å²) in [7, 11) is 2.18. The van der Waals surface area contributed by atoms with Gasteiger partial charge in [-0.2, -0.15) is 13.2 Å². The summed E-state index contributed by atoms with van der Waals surface area (Å²) < 4.78 is 91.1. The molecule has 7 rings (SSSR count). The maximum Gasteiger partial charge on any atom is 0.407 e. The molecule has 2 bridgehead atoms. The Morgan fingerprint density at radius 2 is 1.50 bits per heavy atom. The molecule has 76 heavy (non-hydrogen) atoms. The number of aliphatic hydroxyl groups is 1. The van der Waals surface area contributed by atoms with E-state index in [1.54, 1.807) is 69.4 Å². The molecule has 3 saturated heterocycles. The van der Waals surface area contributed by atoms with Crippen LogP contribution in [0.4, 0.5) is 37.4 Å². The Kier molecular flexibility index (Phi) is 17.9. The molecule has 3 aliphatic heterocycles. The number of benzene rings is 2. The van der Waals surface area contributed by atoms with Crippen LogP contribution in [0.2, 0.25) is 0 Å². The topological polar surface area (TPSA) is 200 Å². The number of amides is 4. The van der Waals surface area contributed by atoms with Crippen molar-refractivity contribution in [3.05, 3.63) is 113 Å². The van der Waals surface area contributed by atoms with Gasteiger partial charge in [0, 0.05) is 85.4 Å². The van der Waals surface area contributed by atoms with Gasteiger partial charge in [-0.05, 0) is 87.2 Å². The fraction of sp³-hybridized carbons (Fsp3) is 0.481. The summed E-state index contributed by atoms with van der Waals surface area (Å²) in [6, 6.07) is 14.9. The van der Waals surface area contributed by atoms with Crippen molar-refractivity contribution >= 4 is 29.8 Å². The number of nitrogens with one attached hydrogen (secondary N) is 4. The standard InChI is InChI=1S/C54H64F5N9O8/c1-52(2,3)47(76-50(72)60-6)49(71)65-67(28-39-40(55)23-35(24-41(39)56)42-10-8-9-21-61-42)29-44(69)43(63-48(70)46(64-51(73)74-7)53(4,5)54(57,58)59)22-33-14-11-32(12-15-33)13-16-34-17-20-45(62-25-34)66-26-36-18-19-37(27-66)68(36)38-30-75-31-38/h8-12,14-15,17,20-21,23-25,36-38,43-44,46-47,69H,18-19,22,26-31H2,1-7H3,(H,60,72)(H,63,70)(H,64,73)(H,65,71)/t36-,37-,43-,44-,46+,47+/m0/s1. The number of anilines is 1. The molecule has 0 radical (unpaired) electrons. The summed E-state index contributed by atoms with van der Waals surface area (Å²) in [5, 5.41) is 19.8. The van der Waals surface area contributed by atoms with Crippen LogP contribution in [-0.2, 0) is 36.8 Å². The van der Waals surface area contributed by atoms with Crippen LogP contribution in [0.1, 0.15) is 69.7 Å². The van der Waals surface area contributed by atoms with E-state index in [4.69, 9.17) is 14.5 Å². The first-order valence-corrected chi connectivity index (χ1v) is 24.9. The largest absolute Gasteiger partial charge is 0.453 e. The van der Waals surface area contributed by atoms with Crippen molar-refractivity contribution < 1.29 is 60.4 Å². The van der Waals surface area contributed by atoms with Crippen molar-refractivity contribution in [1.29, 1.82) is 0 Å². The predicted molar refractivity (Wildman–Crippen MR) is 270 cm³/mol. The zero-order chi connectivity index (χ0) is 55.1. The number of alkyl halides is 3. The first-order valence-electron chi connectivity index (χ1n) is 24.9. The minimum absolute atomic E-state index is 0.0936. The summed E-state index contributed by atoms with van der Waals surface area (Å²) in [4.78, 5) is 66.8. The monoisotopic (exact) mass is 1060 g/mol. The predicted octanol–water partition coefficient (Wildman–Crippen LogP) is 5.88. The molecule has 5 N–H and O–H groups in total. The molecule has 408 valence electrons. The smallest absolute Gasteiger partial charge is 0.407 e. The zero-order valence-corrected chi connectivity index (χ0v) is 43.3. The van der Waals surface area contributed by atoms with E-state index in [1.165, 1.54) is 13.2 Å². The molecule has 3 fully saturated rings. The third-order valence-electron chi connectivity index (χ3n) is 13.9. The van der Waals surface area contributed by atoms with Gasteiger partial charge in [0.05, 0.1) is 49.6 Å². The fourth-order valence-electron chi connectivity index (χ4n) is 9.48. The first-order chi connectivity index (χ1) is 35.9. The molecule has 2 aromatic carbocycles. The number of pyridine rings is 2. The molecule has 5 heterocycles. The minimum Gasteiger partial charge on any atom is -0.453 e. The summed E-state index contributed by atoms with van der Waals surface area (Å²) in [6.45, 7) is 8.01. The average molecular weight is 1060 g/mol. The van der Waals surface area contributed by atoms with Crippen molar-refractivity contribution in [2.45, 2.75) is 109 Å². The number of piperazine rings is 1. The van der Waals surface area contributed by atoms with Gasteiger partial charge in [-0.1, -0.05) is 50.8 Å². The number of rotatable bonds is 17. The van der Waals surface area contributed by atoms with E-state index >= 15 is 8.78 Å². The van der Waals surface area contributed by atoms with Crippen LogP contribution in [0.25, 0.3) is 11.3 Å². The Morgan fingerprint density at radius 1 is 0.855 bits per heavy atom. The summed E-state index contributed by atoms with van der Waals surface area (Å²) in [6.07, 6.45) is -5.58. The highest BCUT2D eigenvalue weighted by Crippen LogP contribution is 2.41. The minimum atomic E-state index is -5.05. The van der Waals surface area contributed by atoms with Crippen molar-refractivity contribution in [2.24, 2.45) is 10.8 Å². The van der Waals surface area contributed by atoms with Crippen LogP contribution in [0.15, 0.2) is 79.1 Å². The highest BCUT2D eigenvalue weighted by molar-refractivity contribution is 5.87. The lowest BCUT2D eigenvalue weighted by molar-refractivity contribution is -0.220. The van der Waals surface area contributed by atoms with Gasteiger partial charge in [-0.3, -0.25) is 24.9 Å². The summed E-state index contributed by atoms with van der Waals surface area (Å²) in [5.41, 5.74) is -0.0256. The normalized spacial score (nSPS) is 18.5. The van der Waals surface area contributed by atoms with Crippen molar-refractivity contribution in [2.75, 3.05) is 51.9 Å². The number of hydrazine groups is 1. The van der Waals surface area contributed by atoms with Crippen LogP contribution in [0, 0.1) is 34.3 Å². The van der Waals surface area contributed by atoms with E-state index < -0.39 is 95.6 Å². The number of nitrogens with zero attached hydrogens (tertiary/aromatic N) is 5. The lowest BCUT2D eigenvalue weighted by atomic mass is 9.82. The Balaban J connectivity index is 1.15. The van der Waals surface area contributed by atoms with Crippen LogP contribution in [0.5, 0.6) is 0 Å². The summed E-state index contributed by atoms with van der Waals surface area (Å²) >= 11 is 0.